The van der Waals surface area contributed by atoms with Gasteiger partial charge in [0.25, 0.3) is 0 Å². The van der Waals surface area contributed by atoms with Crippen molar-refractivity contribution in [3.05, 3.63) is 58.5 Å². The van der Waals surface area contributed by atoms with E-state index < -0.39 is 7.14 Å². The van der Waals surface area contributed by atoms with Crippen LogP contribution < -0.4 is 0 Å². The van der Waals surface area contributed by atoms with Crippen molar-refractivity contribution in [3.63, 3.8) is 0 Å². The van der Waals surface area contributed by atoms with Crippen molar-refractivity contribution in [2.24, 2.45) is 0 Å². The fourth-order valence-corrected chi connectivity index (χ4v) is 6.64. The minimum atomic E-state index is -2.50. The molecule has 0 radical (unpaired) electrons. The van der Waals surface area contributed by atoms with Crippen LogP contribution in [0.1, 0.15) is 51.4 Å². The Morgan fingerprint density at radius 2 is 1.80 bits per heavy atom. The van der Waals surface area contributed by atoms with E-state index in [2.05, 4.69) is 42.5 Å². The lowest BCUT2D eigenvalue weighted by Crippen LogP contribution is -2.01. The van der Waals surface area contributed by atoms with E-state index in [-0.39, 0.29) is 0 Å². The van der Waals surface area contributed by atoms with Crippen molar-refractivity contribution >= 4 is 7.14 Å². The second-order valence-electron chi connectivity index (χ2n) is 5.78. The highest BCUT2D eigenvalue weighted by molar-refractivity contribution is 7.76. The van der Waals surface area contributed by atoms with Gasteiger partial charge in [-0.05, 0) is 62.0 Å². The predicted molar refractivity (Wildman–Crippen MR) is 87.1 cm³/mol. The molecule has 3 aliphatic rings. The highest BCUT2D eigenvalue weighted by Gasteiger charge is 2.35. The first kappa shape index (κ1) is 13.9. The van der Waals surface area contributed by atoms with Gasteiger partial charge in [0.1, 0.15) is 0 Å². The molecule has 3 aliphatic carbocycles. The molecule has 20 heavy (non-hydrogen) atoms. The fraction of sp³-hybridized carbons (Fsp3) is 0.444. The molecule has 0 aliphatic heterocycles. The summed E-state index contributed by atoms with van der Waals surface area (Å²) in [4.78, 5) is 0. The van der Waals surface area contributed by atoms with Crippen LogP contribution in [-0.2, 0) is 4.57 Å². The standard InChI is InChI=1S/C18H23OP/c19-20(16-10-4-1-5-11-16,17-12-6-2-7-13-17)18-14-8-3-9-15-18/h1,4,6,10,12-14H,2-3,5,7-9,11,15H2. The van der Waals surface area contributed by atoms with Crippen molar-refractivity contribution in [2.75, 3.05) is 0 Å². The molecular weight excluding hydrogens is 263 g/mol. The van der Waals surface area contributed by atoms with Gasteiger partial charge in [-0.1, -0.05) is 42.5 Å². The summed E-state index contributed by atoms with van der Waals surface area (Å²) in [6, 6.07) is 0. The average Bonchev–Trinajstić information content (AvgIpc) is 2.56. The maximum atomic E-state index is 14.0. The van der Waals surface area contributed by atoms with Gasteiger partial charge in [-0.25, -0.2) is 0 Å². The SMILES string of the molecule is O=P(C1=CCCC=C1)(C1=CC=CCC1)C1=CCCCC1. The summed E-state index contributed by atoms with van der Waals surface area (Å²) < 4.78 is 14.0. The zero-order valence-electron chi connectivity index (χ0n) is 12.1. The Morgan fingerprint density at radius 1 is 0.850 bits per heavy atom. The zero-order valence-corrected chi connectivity index (χ0v) is 12.9. The van der Waals surface area contributed by atoms with Crippen molar-refractivity contribution in [3.8, 4) is 0 Å². The highest BCUT2D eigenvalue weighted by Crippen LogP contribution is 2.70. The van der Waals surface area contributed by atoms with E-state index in [9.17, 15) is 4.57 Å². The summed E-state index contributed by atoms with van der Waals surface area (Å²) in [7, 11) is -2.50. The molecule has 0 saturated heterocycles. The van der Waals surface area contributed by atoms with Gasteiger partial charge in [0.05, 0.1) is 0 Å². The number of rotatable bonds is 3. The Morgan fingerprint density at radius 3 is 2.45 bits per heavy atom. The zero-order chi connectivity index (χ0) is 13.8. The van der Waals surface area contributed by atoms with E-state index in [0.29, 0.717) is 0 Å². The van der Waals surface area contributed by atoms with Crippen LogP contribution in [0.5, 0.6) is 0 Å². The van der Waals surface area contributed by atoms with Gasteiger partial charge >= 0.3 is 0 Å². The molecule has 0 saturated carbocycles. The van der Waals surface area contributed by atoms with Gasteiger partial charge in [0, 0.05) is 5.31 Å². The molecule has 0 spiro atoms. The average molecular weight is 286 g/mol. The van der Waals surface area contributed by atoms with Crippen LogP contribution >= 0.6 is 7.14 Å². The molecular formula is C18H23OP. The van der Waals surface area contributed by atoms with Crippen LogP contribution in [0.25, 0.3) is 0 Å². The first-order valence-corrected chi connectivity index (χ1v) is 9.55. The van der Waals surface area contributed by atoms with Crippen LogP contribution in [0.3, 0.4) is 0 Å². The topological polar surface area (TPSA) is 17.1 Å². The quantitative estimate of drug-likeness (QED) is 0.558. The summed E-state index contributed by atoms with van der Waals surface area (Å²) in [5, 5.41) is 3.49. The highest BCUT2D eigenvalue weighted by atomic mass is 31.2. The van der Waals surface area contributed by atoms with E-state index in [1.54, 1.807) is 0 Å². The van der Waals surface area contributed by atoms with Crippen LogP contribution in [0.4, 0.5) is 0 Å². The smallest absolute Gasteiger partial charge is 0.162 e. The minimum absolute atomic E-state index is 0.955. The van der Waals surface area contributed by atoms with Crippen molar-refractivity contribution in [1.29, 1.82) is 0 Å². The molecule has 0 aromatic heterocycles. The number of allylic oxidation sites excluding steroid dienone is 10. The lowest BCUT2D eigenvalue weighted by atomic mass is 10.1. The Hall–Kier alpha value is -1.07. The Balaban J connectivity index is 2.06. The minimum Gasteiger partial charge on any atom is -0.309 e. The van der Waals surface area contributed by atoms with Crippen LogP contribution in [0, 0.1) is 0 Å². The summed E-state index contributed by atoms with van der Waals surface area (Å²) in [5.74, 6) is 0. The molecule has 1 nitrogen and oxygen atoms in total. The van der Waals surface area contributed by atoms with E-state index in [1.807, 2.05) is 0 Å². The second kappa shape index (κ2) is 6.14. The van der Waals surface area contributed by atoms with E-state index in [1.165, 1.54) is 23.5 Å². The Kier molecular flexibility index (Phi) is 4.27. The molecule has 0 bridgehead atoms. The summed E-state index contributed by atoms with van der Waals surface area (Å²) in [6.07, 6.45) is 23.8. The summed E-state index contributed by atoms with van der Waals surface area (Å²) >= 11 is 0. The van der Waals surface area contributed by atoms with Crippen molar-refractivity contribution < 1.29 is 4.57 Å². The van der Waals surface area contributed by atoms with Gasteiger partial charge in [-0.15, -0.1) is 0 Å². The number of hydrogen-bond acceptors (Lipinski definition) is 1. The fourth-order valence-electron chi connectivity index (χ4n) is 3.31. The van der Waals surface area contributed by atoms with E-state index >= 15 is 0 Å². The third-order valence-electron chi connectivity index (χ3n) is 4.41. The molecule has 0 amide bonds. The van der Waals surface area contributed by atoms with Gasteiger partial charge < -0.3 is 4.57 Å². The van der Waals surface area contributed by atoms with E-state index in [0.717, 1.165) is 43.8 Å². The van der Waals surface area contributed by atoms with Gasteiger partial charge in [0.2, 0.25) is 0 Å². The molecule has 0 aromatic rings. The monoisotopic (exact) mass is 286 g/mol. The van der Waals surface area contributed by atoms with E-state index in [4.69, 9.17) is 0 Å². The maximum Gasteiger partial charge on any atom is 0.162 e. The normalized spacial score (nSPS) is 25.5. The Bertz CT molecular complexity index is 572. The Labute approximate surface area is 122 Å². The van der Waals surface area contributed by atoms with Crippen LogP contribution in [-0.4, -0.2) is 0 Å². The molecule has 2 heteroatoms. The van der Waals surface area contributed by atoms with Gasteiger partial charge in [-0.2, -0.15) is 0 Å². The molecule has 0 heterocycles. The molecule has 106 valence electrons. The molecule has 3 rings (SSSR count). The summed E-state index contributed by atoms with van der Waals surface area (Å²) in [5.41, 5.74) is 0. The second-order valence-corrected chi connectivity index (χ2v) is 8.67. The lowest BCUT2D eigenvalue weighted by Gasteiger charge is -2.29. The molecule has 0 N–H and O–H groups in total. The third kappa shape index (κ3) is 2.56. The van der Waals surface area contributed by atoms with Gasteiger partial charge in [-0.3, -0.25) is 0 Å². The molecule has 1 unspecified atom stereocenters. The van der Waals surface area contributed by atoms with Crippen LogP contribution in [0.2, 0.25) is 0 Å². The first-order valence-electron chi connectivity index (χ1n) is 7.85. The third-order valence-corrected chi connectivity index (χ3v) is 7.86. The van der Waals surface area contributed by atoms with Gasteiger partial charge in [0.15, 0.2) is 7.14 Å². The molecule has 1 atom stereocenters. The molecule has 0 aromatic carbocycles. The van der Waals surface area contributed by atoms with Crippen molar-refractivity contribution in [2.45, 2.75) is 51.4 Å². The maximum absolute atomic E-state index is 14.0. The van der Waals surface area contributed by atoms with Crippen LogP contribution in [0.15, 0.2) is 58.5 Å². The number of hydrogen-bond donors (Lipinski definition) is 0. The lowest BCUT2D eigenvalue weighted by molar-refractivity contribution is 0.581. The van der Waals surface area contributed by atoms with Crippen molar-refractivity contribution in [1.82, 2.24) is 0 Å². The predicted octanol–water partition coefficient (Wildman–Crippen LogP) is 6.28. The largest absolute Gasteiger partial charge is 0.309 e. The molecule has 0 fully saturated rings. The summed E-state index contributed by atoms with van der Waals surface area (Å²) in [6.45, 7) is 0. The first-order chi connectivity index (χ1) is 9.82.